The summed E-state index contributed by atoms with van der Waals surface area (Å²) in [6.45, 7) is 4.90. The summed E-state index contributed by atoms with van der Waals surface area (Å²) in [5.74, 6) is 0. The van der Waals surface area contributed by atoms with Crippen LogP contribution in [0.1, 0.15) is 142 Å². The average molecular weight is 424 g/mol. The van der Waals surface area contributed by atoms with Crippen LogP contribution >= 0.6 is 0 Å². The topological polar surface area (TPSA) is 59.3 Å². The van der Waals surface area contributed by atoms with Crippen molar-refractivity contribution in [2.45, 2.75) is 148 Å². The van der Waals surface area contributed by atoms with E-state index in [4.69, 9.17) is 14.7 Å². The van der Waals surface area contributed by atoms with Gasteiger partial charge in [-0.2, -0.15) is 5.26 Å². The molecule has 0 saturated heterocycles. The lowest BCUT2D eigenvalue weighted by Gasteiger charge is -2.15. The molecule has 176 valence electrons. The molecule has 30 heavy (non-hydrogen) atoms. The molecule has 0 N–H and O–H groups in total. The lowest BCUT2D eigenvalue weighted by atomic mass is 10.1. The largest absolute Gasteiger partial charge is 0.508 e. The van der Waals surface area contributed by atoms with Gasteiger partial charge < -0.3 is 9.47 Å². The molecule has 0 spiro atoms. The fraction of sp³-hybridized carbons (Fsp3) is 0.923. The highest BCUT2D eigenvalue weighted by atomic mass is 16.7. The number of ether oxygens (including phenoxy) is 2. The van der Waals surface area contributed by atoms with Gasteiger partial charge >= 0.3 is 6.16 Å². The average Bonchev–Trinajstić information content (AvgIpc) is 2.74. The normalized spacial score (nSPS) is 11.8. The van der Waals surface area contributed by atoms with Crippen molar-refractivity contribution in [1.82, 2.24) is 0 Å². The Balaban J connectivity index is 3.56. The zero-order chi connectivity index (χ0) is 22.1. The summed E-state index contributed by atoms with van der Waals surface area (Å²) >= 11 is 0. The van der Waals surface area contributed by atoms with Crippen LogP contribution in [0.15, 0.2) is 0 Å². The minimum absolute atomic E-state index is 0.253. The fourth-order valence-electron chi connectivity index (χ4n) is 3.73. The van der Waals surface area contributed by atoms with Crippen molar-refractivity contribution in [2.24, 2.45) is 0 Å². The highest BCUT2D eigenvalue weighted by Gasteiger charge is 2.15. The quantitative estimate of drug-likeness (QED) is 0.129. The Kier molecular flexibility index (Phi) is 23.0. The van der Waals surface area contributed by atoms with E-state index in [1.165, 1.54) is 89.9 Å². The van der Waals surface area contributed by atoms with Gasteiger partial charge in [0.25, 0.3) is 0 Å². The monoisotopic (exact) mass is 423 g/mol. The van der Waals surface area contributed by atoms with E-state index in [0.717, 1.165) is 32.1 Å². The number of carbonyl (C=O) groups is 1. The number of hydrogen-bond donors (Lipinski definition) is 0. The van der Waals surface area contributed by atoms with Crippen molar-refractivity contribution >= 4 is 6.16 Å². The number of nitrogens with zero attached hydrogens (tertiary/aromatic N) is 1. The summed E-state index contributed by atoms with van der Waals surface area (Å²) in [6, 6.07) is 2.12. The first kappa shape index (κ1) is 28.8. The van der Waals surface area contributed by atoms with E-state index in [-0.39, 0.29) is 12.5 Å². The van der Waals surface area contributed by atoms with Crippen LogP contribution in [-0.2, 0) is 9.47 Å². The molecule has 0 fully saturated rings. The minimum Gasteiger partial charge on any atom is -0.434 e. The molecule has 0 amide bonds. The van der Waals surface area contributed by atoms with Gasteiger partial charge in [-0.1, -0.05) is 117 Å². The molecule has 0 aliphatic carbocycles. The number of rotatable bonds is 22. The van der Waals surface area contributed by atoms with Crippen molar-refractivity contribution in [2.75, 3.05) is 6.61 Å². The molecule has 0 aliphatic rings. The van der Waals surface area contributed by atoms with Crippen LogP contribution in [0.2, 0.25) is 0 Å². The zero-order valence-corrected chi connectivity index (χ0v) is 20.1. The second-order valence-corrected chi connectivity index (χ2v) is 8.65. The van der Waals surface area contributed by atoms with E-state index in [9.17, 15) is 4.79 Å². The first-order valence-electron chi connectivity index (χ1n) is 12.9. The third kappa shape index (κ3) is 21.5. The Morgan fingerprint density at radius 2 is 1.13 bits per heavy atom. The third-order valence-electron chi connectivity index (χ3n) is 5.68. The maximum atomic E-state index is 11.9. The van der Waals surface area contributed by atoms with E-state index >= 15 is 0 Å². The lowest BCUT2D eigenvalue weighted by molar-refractivity contribution is 0.0206. The van der Waals surface area contributed by atoms with Crippen molar-refractivity contribution in [3.05, 3.63) is 0 Å². The second kappa shape index (κ2) is 24.0. The molecule has 1 unspecified atom stereocenters. The van der Waals surface area contributed by atoms with Gasteiger partial charge in [0.15, 0.2) is 0 Å². The van der Waals surface area contributed by atoms with Crippen LogP contribution in [0.4, 0.5) is 4.79 Å². The van der Waals surface area contributed by atoms with Gasteiger partial charge in [0.1, 0.15) is 6.10 Å². The van der Waals surface area contributed by atoms with Crippen LogP contribution in [0.5, 0.6) is 0 Å². The van der Waals surface area contributed by atoms with E-state index in [2.05, 4.69) is 19.9 Å². The molecule has 0 aliphatic heterocycles. The van der Waals surface area contributed by atoms with Gasteiger partial charge in [-0.05, 0) is 19.3 Å². The Morgan fingerprint density at radius 3 is 1.60 bits per heavy atom. The second-order valence-electron chi connectivity index (χ2n) is 8.65. The highest BCUT2D eigenvalue weighted by Crippen LogP contribution is 2.14. The van der Waals surface area contributed by atoms with Gasteiger partial charge in [-0.25, -0.2) is 4.79 Å². The van der Waals surface area contributed by atoms with E-state index in [0.29, 0.717) is 6.61 Å². The molecular weight excluding hydrogens is 374 g/mol. The smallest absolute Gasteiger partial charge is 0.434 e. The molecule has 0 saturated carbocycles. The predicted molar refractivity (Wildman–Crippen MR) is 126 cm³/mol. The number of carbonyl (C=O) groups excluding carboxylic acids is 1. The molecule has 0 bridgehead atoms. The predicted octanol–water partition coefficient (Wildman–Crippen LogP) is 8.87. The summed E-state index contributed by atoms with van der Waals surface area (Å²) in [7, 11) is 0. The SMILES string of the molecule is CCCCCCCCCCCCCOC(=O)OC(CC#N)CCCCCCCCC. The molecular formula is C26H49NO3. The summed E-state index contributed by atoms with van der Waals surface area (Å²) < 4.78 is 10.6. The Hall–Kier alpha value is -1.24. The van der Waals surface area contributed by atoms with Crippen molar-refractivity contribution < 1.29 is 14.3 Å². The van der Waals surface area contributed by atoms with Crippen LogP contribution in [0.25, 0.3) is 0 Å². The summed E-state index contributed by atoms with van der Waals surface area (Å²) in [6.07, 6.45) is 22.6. The summed E-state index contributed by atoms with van der Waals surface area (Å²) in [4.78, 5) is 11.9. The van der Waals surface area contributed by atoms with E-state index < -0.39 is 6.16 Å². The summed E-state index contributed by atoms with van der Waals surface area (Å²) in [5, 5.41) is 8.96. The van der Waals surface area contributed by atoms with Gasteiger partial charge in [0.05, 0.1) is 19.1 Å². The van der Waals surface area contributed by atoms with Gasteiger partial charge in [0, 0.05) is 0 Å². The summed E-state index contributed by atoms with van der Waals surface area (Å²) in [5.41, 5.74) is 0. The molecule has 0 rings (SSSR count). The zero-order valence-electron chi connectivity index (χ0n) is 20.1. The maximum absolute atomic E-state index is 11.9. The van der Waals surface area contributed by atoms with Gasteiger partial charge in [0.2, 0.25) is 0 Å². The Bertz CT molecular complexity index is 406. The molecule has 4 nitrogen and oxygen atoms in total. The highest BCUT2D eigenvalue weighted by molar-refractivity contribution is 5.60. The molecule has 0 radical (unpaired) electrons. The molecule has 0 heterocycles. The van der Waals surface area contributed by atoms with Crippen LogP contribution < -0.4 is 0 Å². The molecule has 0 aromatic carbocycles. The van der Waals surface area contributed by atoms with Crippen molar-refractivity contribution in [3.63, 3.8) is 0 Å². The molecule has 1 atom stereocenters. The molecule has 4 heteroatoms. The van der Waals surface area contributed by atoms with Crippen molar-refractivity contribution in [1.29, 1.82) is 5.26 Å². The minimum atomic E-state index is -0.606. The van der Waals surface area contributed by atoms with Crippen LogP contribution in [0, 0.1) is 11.3 Å². The first-order chi connectivity index (χ1) is 14.7. The van der Waals surface area contributed by atoms with E-state index in [1.807, 2.05) is 0 Å². The first-order valence-corrected chi connectivity index (χ1v) is 12.9. The van der Waals surface area contributed by atoms with Gasteiger partial charge in [-0.3, -0.25) is 0 Å². The third-order valence-corrected chi connectivity index (χ3v) is 5.68. The number of unbranched alkanes of at least 4 members (excludes halogenated alkanes) is 16. The van der Waals surface area contributed by atoms with Crippen LogP contribution in [-0.4, -0.2) is 18.9 Å². The standard InChI is InChI=1S/C26H49NO3/c1-3-5-7-9-11-12-13-14-16-18-20-24-29-26(28)30-25(22-23-27)21-19-17-15-10-8-6-4-2/h25H,3-22,24H2,1-2H3. The van der Waals surface area contributed by atoms with Crippen molar-refractivity contribution in [3.8, 4) is 6.07 Å². The molecule has 0 aromatic rings. The molecule has 0 aromatic heterocycles. The Morgan fingerprint density at radius 1 is 0.700 bits per heavy atom. The van der Waals surface area contributed by atoms with Crippen LogP contribution in [0.3, 0.4) is 0 Å². The maximum Gasteiger partial charge on any atom is 0.508 e. The van der Waals surface area contributed by atoms with E-state index in [1.54, 1.807) is 0 Å². The fourth-order valence-corrected chi connectivity index (χ4v) is 3.73. The Labute approximate surface area is 187 Å². The number of nitriles is 1. The number of hydrogen-bond acceptors (Lipinski definition) is 4. The van der Waals surface area contributed by atoms with Gasteiger partial charge in [-0.15, -0.1) is 0 Å². The lowest BCUT2D eigenvalue weighted by Crippen LogP contribution is -2.19.